The highest BCUT2D eigenvalue weighted by molar-refractivity contribution is 7.92. The van der Waals surface area contributed by atoms with Crippen LogP contribution < -0.4 is 9.62 Å². The number of anilines is 1. The molecule has 11 heteroatoms. The van der Waals surface area contributed by atoms with E-state index in [4.69, 9.17) is 34.8 Å². The summed E-state index contributed by atoms with van der Waals surface area (Å²) in [6.45, 7) is 4.74. The molecule has 1 N–H and O–H groups in total. The Bertz CT molecular complexity index is 1110. The van der Waals surface area contributed by atoms with Gasteiger partial charge in [-0.15, -0.1) is 0 Å². The molecule has 0 saturated carbocycles. The molecule has 0 spiro atoms. The van der Waals surface area contributed by atoms with Crippen LogP contribution in [0.5, 0.6) is 0 Å². The van der Waals surface area contributed by atoms with E-state index in [1.54, 1.807) is 31.2 Å². The van der Waals surface area contributed by atoms with Crippen molar-refractivity contribution in [3.8, 4) is 0 Å². The van der Waals surface area contributed by atoms with Crippen LogP contribution in [-0.4, -0.2) is 50.0 Å². The molecule has 0 aromatic heterocycles. The summed E-state index contributed by atoms with van der Waals surface area (Å²) < 4.78 is 26.0. The average molecular weight is 535 g/mol. The number of nitrogens with one attached hydrogen (secondary N) is 1. The van der Waals surface area contributed by atoms with E-state index in [9.17, 15) is 18.0 Å². The minimum atomic E-state index is -3.89. The minimum Gasteiger partial charge on any atom is -0.352 e. The van der Waals surface area contributed by atoms with Gasteiger partial charge in [-0.2, -0.15) is 0 Å². The van der Waals surface area contributed by atoms with E-state index in [-0.39, 0.29) is 29.2 Å². The number of hydrogen-bond donors (Lipinski definition) is 1. The van der Waals surface area contributed by atoms with E-state index in [1.807, 2.05) is 13.8 Å². The van der Waals surface area contributed by atoms with E-state index in [0.717, 1.165) is 16.1 Å². The van der Waals surface area contributed by atoms with Crippen molar-refractivity contribution in [1.29, 1.82) is 0 Å². The van der Waals surface area contributed by atoms with Gasteiger partial charge in [0.25, 0.3) is 0 Å². The largest absolute Gasteiger partial charge is 0.352 e. The lowest BCUT2D eigenvalue weighted by atomic mass is 10.1. The quantitative estimate of drug-likeness (QED) is 0.518. The SMILES string of the molecule is CC(C)NC(=O)[C@@H](C)N(Cc1ccc(Cl)cc1)C(=O)CN(c1ccc(Cl)cc1Cl)S(C)(=O)=O. The number of amides is 2. The van der Waals surface area contributed by atoms with Crippen LogP contribution in [-0.2, 0) is 26.2 Å². The molecule has 0 fully saturated rings. The Balaban J connectivity index is 2.41. The maximum absolute atomic E-state index is 13.4. The first-order valence-electron chi connectivity index (χ1n) is 10.1. The van der Waals surface area contributed by atoms with Crippen molar-refractivity contribution < 1.29 is 18.0 Å². The Morgan fingerprint density at radius 3 is 2.06 bits per heavy atom. The predicted molar refractivity (Wildman–Crippen MR) is 133 cm³/mol. The van der Waals surface area contributed by atoms with Crippen molar-refractivity contribution >= 4 is 62.3 Å². The zero-order valence-corrected chi connectivity index (χ0v) is 21.8. The van der Waals surface area contributed by atoms with Gasteiger partial charge >= 0.3 is 0 Å². The van der Waals surface area contributed by atoms with Gasteiger partial charge in [0, 0.05) is 22.6 Å². The van der Waals surface area contributed by atoms with Crippen molar-refractivity contribution in [3.05, 3.63) is 63.1 Å². The first kappa shape index (κ1) is 27.2. The molecule has 180 valence electrons. The Labute approximate surface area is 209 Å². The molecule has 1 atom stereocenters. The number of sulfonamides is 1. The van der Waals surface area contributed by atoms with Crippen molar-refractivity contribution in [2.75, 3.05) is 17.1 Å². The van der Waals surface area contributed by atoms with Crippen LogP contribution >= 0.6 is 34.8 Å². The fraction of sp³-hybridized carbons (Fsp3) is 0.364. The third-order valence-electron chi connectivity index (χ3n) is 4.72. The van der Waals surface area contributed by atoms with Gasteiger partial charge in [-0.05, 0) is 56.7 Å². The fourth-order valence-electron chi connectivity index (χ4n) is 3.05. The molecule has 0 aliphatic heterocycles. The molecule has 0 aliphatic rings. The highest BCUT2D eigenvalue weighted by Crippen LogP contribution is 2.30. The average Bonchev–Trinajstić information content (AvgIpc) is 2.70. The summed E-state index contributed by atoms with van der Waals surface area (Å²) in [4.78, 5) is 27.4. The molecule has 7 nitrogen and oxygen atoms in total. The highest BCUT2D eigenvalue weighted by Gasteiger charge is 2.31. The van der Waals surface area contributed by atoms with Gasteiger partial charge in [-0.1, -0.05) is 46.9 Å². The van der Waals surface area contributed by atoms with E-state index in [0.29, 0.717) is 10.0 Å². The van der Waals surface area contributed by atoms with E-state index >= 15 is 0 Å². The molecule has 0 saturated heterocycles. The predicted octanol–water partition coefficient (Wildman–Crippen LogP) is 4.35. The van der Waals surface area contributed by atoms with Crippen molar-refractivity contribution in [3.63, 3.8) is 0 Å². The molecule has 0 aliphatic carbocycles. The third kappa shape index (κ3) is 7.78. The standard InChI is InChI=1S/C22H26Cl3N3O4S/c1-14(2)26-22(30)15(3)27(12-16-5-7-17(23)8-6-16)21(29)13-28(33(4,31)32)20-10-9-18(24)11-19(20)25/h5-11,14-15H,12-13H2,1-4H3,(H,26,30)/t15-/m1/s1. The number of nitrogens with zero attached hydrogens (tertiary/aromatic N) is 2. The molecule has 2 aromatic carbocycles. The lowest BCUT2D eigenvalue weighted by molar-refractivity contribution is -0.139. The lowest BCUT2D eigenvalue weighted by Crippen LogP contribution is -2.52. The number of carbonyl (C=O) groups is 2. The van der Waals surface area contributed by atoms with Crippen molar-refractivity contribution in [1.82, 2.24) is 10.2 Å². The van der Waals surface area contributed by atoms with Gasteiger partial charge in [0.2, 0.25) is 21.8 Å². The summed E-state index contributed by atoms with van der Waals surface area (Å²) in [6.07, 6.45) is 0.976. The van der Waals surface area contributed by atoms with Crippen LogP contribution in [0.3, 0.4) is 0 Å². The second-order valence-corrected chi connectivity index (χ2v) is 11.0. The molecule has 2 rings (SSSR count). The summed E-state index contributed by atoms with van der Waals surface area (Å²) in [5.74, 6) is -0.935. The van der Waals surface area contributed by atoms with Gasteiger partial charge in [0.05, 0.1) is 17.0 Å². The number of benzene rings is 2. The van der Waals surface area contributed by atoms with Gasteiger partial charge in [-0.25, -0.2) is 8.42 Å². The zero-order chi connectivity index (χ0) is 24.9. The van der Waals surface area contributed by atoms with Crippen LogP contribution in [0, 0.1) is 0 Å². The Hall–Kier alpha value is -2.00. The first-order chi connectivity index (χ1) is 15.3. The molecule has 2 amide bonds. The summed E-state index contributed by atoms with van der Waals surface area (Å²) >= 11 is 18.1. The molecule has 2 aromatic rings. The van der Waals surface area contributed by atoms with Crippen LogP contribution in [0.2, 0.25) is 15.1 Å². The molecule has 0 radical (unpaired) electrons. The van der Waals surface area contributed by atoms with Crippen LogP contribution in [0.25, 0.3) is 0 Å². The number of halogens is 3. The monoisotopic (exact) mass is 533 g/mol. The van der Waals surface area contributed by atoms with Crippen LogP contribution in [0.1, 0.15) is 26.3 Å². The molecule has 33 heavy (non-hydrogen) atoms. The van der Waals surface area contributed by atoms with E-state index in [2.05, 4.69) is 5.32 Å². The Morgan fingerprint density at radius 2 is 1.55 bits per heavy atom. The zero-order valence-electron chi connectivity index (χ0n) is 18.7. The summed E-state index contributed by atoms with van der Waals surface area (Å²) in [6, 6.07) is 10.1. The van der Waals surface area contributed by atoms with Crippen LogP contribution in [0.4, 0.5) is 5.69 Å². The van der Waals surface area contributed by atoms with Gasteiger partial charge in [0.1, 0.15) is 12.6 Å². The first-order valence-corrected chi connectivity index (χ1v) is 13.0. The van der Waals surface area contributed by atoms with E-state index in [1.165, 1.54) is 23.1 Å². The second kappa shape index (κ2) is 11.4. The van der Waals surface area contributed by atoms with Gasteiger partial charge < -0.3 is 10.2 Å². The highest BCUT2D eigenvalue weighted by atomic mass is 35.5. The molecular weight excluding hydrogens is 509 g/mol. The molecular formula is C22H26Cl3N3O4S. The van der Waals surface area contributed by atoms with E-state index < -0.39 is 28.5 Å². The summed E-state index contributed by atoms with van der Waals surface area (Å²) in [5, 5.41) is 3.72. The number of rotatable bonds is 9. The molecule has 0 bridgehead atoms. The second-order valence-electron chi connectivity index (χ2n) is 7.85. The summed E-state index contributed by atoms with van der Waals surface area (Å²) in [7, 11) is -3.89. The maximum Gasteiger partial charge on any atom is 0.244 e. The summed E-state index contributed by atoms with van der Waals surface area (Å²) in [5.41, 5.74) is 0.843. The van der Waals surface area contributed by atoms with Gasteiger partial charge in [-0.3, -0.25) is 13.9 Å². The third-order valence-corrected chi connectivity index (χ3v) is 6.64. The van der Waals surface area contributed by atoms with Gasteiger partial charge in [0.15, 0.2) is 0 Å². The molecule has 0 unspecified atom stereocenters. The maximum atomic E-state index is 13.4. The smallest absolute Gasteiger partial charge is 0.244 e. The Kier molecular flexibility index (Phi) is 9.43. The fourth-order valence-corrected chi connectivity index (χ4v) is 4.60. The number of hydrogen-bond acceptors (Lipinski definition) is 4. The normalized spacial score (nSPS) is 12.4. The minimum absolute atomic E-state index is 0.0780. The molecule has 0 heterocycles. The number of carbonyl (C=O) groups excluding carboxylic acids is 2. The topological polar surface area (TPSA) is 86.8 Å². The Morgan fingerprint density at radius 1 is 0.970 bits per heavy atom. The van der Waals surface area contributed by atoms with Crippen molar-refractivity contribution in [2.45, 2.75) is 39.4 Å². The van der Waals surface area contributed by atoms with Crippen molar-refractivity contribution in [2.24, 2.45) is 0 Å². The lowest BCUT2D eigenvalue weighted by Gasteiger charge is -2.32. The van der Waals surface area contributed by atoms with Crippen LogP contribution in [0.15, 0.2) is 42.5 Å².